The van der Waals surface area contributed by atoms with E-state index in [1.54, 1.807) is 48.5 Å². The van der Waals surface area contributed by atoms with Crippen LogP contribution in [0.5, 0.6) is 11.5 Å². The van der Waals surface area contributed by atoms with Crippen LogP contribution >= 0.6 is 0 Å². The number of carbonyl (C=O) groups excluding carboxylic acids is 2. The van der Waals surface area contributed by atoms with Crippen molar-refractivity contribution in [2.24, 2.45) is 0 Å². The van der Waals surface area contributed by atoms with Crippen molar-refractivity contribution >= 4 is 23.6 Å². The predicted molar refractivity (Wildman–Crippen MR) is 128 cm³/mol. The number of nitrogens with zero attached hydrogens (tertiary/aromatic N) is 1. The molecule has 3 aromatic rings. The van der Waals surface area contributed by atoms with Gasteiger partial charge in [-0.1, -0.05) is 36.4 Å². The highest BCUT2D eigenvalue weighted by Crippen LogP contribution is 2.35. The first-order chi connectivity index (χ1) is 16.5. The van der Waals surface area contributed by atoms with E-state index in [4.69, 9.17) is 9.47 Å². The van der Waals surface area contributed by atoms with Crippen molar-refractivity contribution in [3.05, 3.63) is 107 Å². The minimum atomic E-state index is -0.496. The molecule has 172 valence electrons. The third-order valence-corrected chi connectivity index (χ3v) is 5.23. The van der Waals surface area contributed by atoms with E-state index in [1.807, 2.05) is 12.1 Å². The van der Waals surface area contributed by atoms with Crippen LogP contribution in [0, 0.1) is 5.82 Å². The number of hydrogen-bond donors (Lipinski definition) is 1. The van der Waals surface area contributed by atoms with Gasteiger partial charge in [-0.15, -0.1) is 6.58 Å². The monoisotopic (exact) mass is 458 g/mol. The van der Waals surface area contributed by atoms with Gasteiger partial charge in [0.15, 0.2) is 11.5 Å². The molecule has 1 aliphatic heterocycles. The van der Waals surface area contributed by atoms with Gasteiger partial charge in [0.2, 0.25) is 0 Å². The normalized spacial score (nSPS) is 14.3. The van der Waals surface area contributed by atoms with E-state index in [1.165, 1.54) is 30.3 Å². The SMILES string of the molecule is C=CCc1cc(C=C2C(=O)NN(c3ccccc3)C2=O)cc(OC)c1OCc1cccc(F)c1. The van der Waals surface area contributed by atoms with Crippen LogP contribution in [-0.2, 0) is 22.6 Å². The first kappa shape index (κ1) is 22.8. The summed E-state index contributed by atoms with van der Waals surface area (Å²) in [5.41, 5.74) is 5.18. The summed E-state index contributed by atoms with van der Waals surface area (Å²) in [7, 11) is 1.50. The van der Waals surface area contributed by atoms with E-state index in [0.717, 1.165) is 5.56 Å². The van der Waals surface area contributed by atoms with E-state index < -0.39 is 11.8 Å². The summed E-state index contributed by atoms with van der Waals surface area (Å²) in [6.07, 6.45) is 3.69. The van der Waals surface area contributed by atoms with Gasteiger partial charge in [-0.25, -0.2) is 9.40 Å². The zero-order valence-corrected chi connectivity index (χ0v) is 18.6. The molecule has 4 rings (SSSR count). The van der Waals surface area contributed by atoms with E-state index in [0.29, 0.717) is 34.7 Å². The Morgan fingerprint density at radius 3 is 2.56 bits per heavy atom. The van der Waals surface area contributed by atoms with Crippen LogP contribution in [0.3, 0.4) is 0 Å². The first-order valence-corrected chi connectivity index (χ1v) is 10.6. The minimum absolute atomic E-state index is 0.00360. The zero-order chi connectivity index (χ0) is 24.1. The molecule has 34 heavy (non-hydrogen) atoms. The third kappa shape index (κ3) is 4.83. The van der Waals surface area contributed by atoms with Crippen LogP contribution in [0.4, 0.5) is 10.1 Å². The molecule has 1 aliphatic rings. The molecule has 1 heterocycles. The lowest BCUT2D eigenvalue weighted by atomic mass is 10.0. The molecule has 0 radical (unpaired) electrons. The van der Waals surface area contributed by atoms with Gasteiger partial charge < -0.3 is 9.47 Å². The van der Waals surface area contributed by atoms with Crippen LogP contribution in [0.1, 0.15) is 16.7 Å². The molecule has 3 aromatic carbocycles. The molecular weight excluding hydrogens is 435 g/mol. The van der Waals surface area contributed by atoms with Gasteiger partial charge in [-0.05, 0) is 60.0 Å². The fourth-order valence-electron chi connectivity index (χ4n) is 3.65. The Labute approximate surface area is 196 Å². The summed E-state index contributed by atoms with van der Waals surface area (Å²) in [4.78, 5) is 25.5. The van der Waals surface area contributed by atoms with E-state index in [2.05, 4.69) is 12.0 Å². The van der Waals surface area contributed by atoms with Crippen molar-refractivity contribution in [2.45, 2.75) is 13.0 Å². The topological polar surface area (TPSA) is 67.9 Å². The maximum atomic E-state index is 13.5. The van der Waals surface area contributed by atoms with Crippen molar-refractivity contribution < 1.29 is 23.5 Å². The number of hydrogen-bond acceptors (Lipinski definition) is 4. The molecule has 2 amide bonds. The highest BCUT2D eigenvalue weighted by atomic mass is 19.1. The number of anilines is 1. The number of benzene rings is 3. The molecule has 0 bridgehead atoms. The number of nitrogens with one attached hydrogen (secondary N) is 1. The standard InChI is InChI=1S/C27H23FN2O4/c1-3-8-20-13-19(15-23-26(31)29-30(27(23)32)22-11-5-4-6-12-22)16-24(33-2)25(20)34-17-18-9-7-10-21(28)14-18/h3-7,9-16H,1,8,17H2,2H3,(H,29,31). The Bertz CT molecular complexity index is 1270. The quantitative estimate of drug-likeness (QED) is 0.304. The van der Waals surface area contributed by atoms with Crippen molar-refractivity contribution in [3.63, 3.8) is 0 Å². The summed E-state index contributed by atoms with van der Waals surface area (Å²) in [5, 5.41) is 1.21. The molecular formula is C27H23FN2O4. The van der Waals surface area contributed by atoms with Gasteiger partial charge in [-0.2, -0.15) is 0 Å². The van der Waals surface area contributed by atoms with Gasteiger partial charge in [0, 0.05) is 5.56 Å². The minimum Gasteiger partial charge on any atom is -0.493 e. The predicted octanol–water partition coefficient (Wildman–Crippen LogP) is 4.60. The Hall–Kier alpha value is -4.39. The molecule has 0 aromatic heterocycles. The van der Waals surface area contributed by atoms with Crippen LogP contribution in [0.2, 0.25) is 0 Å². The molecule has 0 aliphatic carbocycles. The summed E-state index contributed by atoms with van der Waals surface area (Å²) >= 11 is 0. The average Bonchev–Trinajstić information content (AvgIpc) is 3.12. The van der Waals surface area contributed by atoms with Crippen LogP contribution < -0.4 is 19.9 Å². The van der Waals surface area contributed by atoms with Crippen molar-refractivity contribution in [1.29, 1.82) is 0 Å². The summed E-state index contributed by atoms with van der Waals surface area (Å²) in [5.74, 6) is -0.378. The van der Waals surface area contributed by atoms with E-state index in [-0.39, 0.29) is 18.0 Å². The number of rotatable bonds is 8. The highest BCUT2D eigenvalue weighted by molar-refractivity contribution is 6.31. The van der Waals surface area contributed by atoms with E-state index >= 15 is 0 Å². The smallest absolute Gasteiger partial charge is 0.282 e. The number of carbonyl (C=O) groups is 2. The van der Waals surface area contributed by atoms with E-state index in [9.17, 15) is 14.0 Å². The lowest BCUT2D eigenvalue weighted by Crippen LogP contribution is -2.35. The molecule has 7 heteroatoms. The average molecular weight is 458 g/mol. The van der Waals surface area contributed by atoms with Crippen LogP contribution in [0.25, 0.3) is 6.08 Å². The molecule has 1 N–H and O–H groups in total. The fourth-order valence-corrected chi connectivity index (χ4v) is 3.65. The fraction of sp³-hybridized carbons (Fsp3) is 0.111. The highest BCUT2D eigenvalue weighted by Gasteiger charge is 2.34. The maximum absolute atomic E-state index is 13.5. The Kier molecular flexibility index (Phi) is 6.73. The van der Waals surface area contributed by atoms with Gasteiger partial charge in [0.05, 0.1) is 12.8 Å². The molecule has 0 spiro atoms. The number of para-hydroxylation sites is 1. The van der Waals surface area contributed by atoms with Gasteiger partial charge in [0.1, 0.15) is 18.0 Å². The molecule has 1 fully saturated rings. The van der Waals surface area contributed by atoms with Crippen molar-refractivity contribution in [1.82, 2.24) is 5.43 Å². The van der Waals surface area contributed by atoms with Gasteiger partial charge >= 0.3 is 0 Å². The number of amides is 2. The Morgan fingerprint density at radius 1 is 1.06 bits per heavy atom. The Balaban J connectivity index is 1.65. The third-order valence-electron chi connectivity index (χ3n) is 5.23. The number of methoxy groups -OCH3 is 1. The second-order valence-electron chi connectivity index (χ2n) is 7.60. The van der Waals surface area contributed by atoms with Gasteiger partial charge in [-0.3, -0.25) is 15.0 Å². The number of halogens is 1. The first-order valence-electron chi connectivity index (χ1n) is 10.6. The lowest BCUT2D eigenvalue weighted by Gasteiger charge is -2.16. The molecule has 6 nitrogen and oxygen atoms in total. The molecule has 0 saturated carbocycles. The second kappa shape index (κ2) is 10.0. The number of hydrazine groups is 1. The molecule has 0 unspecified atom stereocenters. The summed E-state index contributed by atoms with van der Waals surface area (Å²) < 4.78 is 25.0. The summed E-state index contributed by atoms with van der Waals surface area (Å²) in [6, 6.07) is 18.5. The zero-order valence-electron chi connectivity index (χ0n) is 18.6. The second-order valence-corrected chi connectivity index (χ2v) is 7.60. The van der Waals surface area contributed by atoms with Crippen LogP contribution in [0.15, 0.2) is 85.0 Å². The number of allylic oxidation sites excluding steroid dienone is 1. The van der Waals surface area contributed by atoms with Crippen LogP contribution in [-0.4, -0.2) is 18.9 Å². The molecule has 1 saturated heterocycles. The Morgan fingerprint density at radius 2 is 1.85 bits per heavy atom. The van der Waals surface area contributed by atoms with Crippen molar-refractivity contribution in [2.75, 3.05) is 12.1 Å². The van der Waals surface area contributed by atoms with Crippen molar-refractivity contribution in [3.8, 4) is 11.5 Å². The number of ether oxygens (including phenoxy) is 2. The van der Waals surface area contributed by atoms with Gasteiger partial charge in [0.25, 0.3) is 11.8 Å². The maximum Gasteiger partial charge on any atom is 0.282 e. The largest absolute Gasteiger partial charge is 0.493 e. The lowest BCUT2D eigenvalue weighted by molar-refractivity contribution is -0.117. The summed E-state index contributed by atoms with van der Waals surface area (Å²) in [6.45, 7) is 3.94. The molecule has 0 atom stereocenters.